The molecule has 0 spiro atoms. The maximum absolute atomic E-state index is 12.0. The zero-order valence-corrected chi connectivity index (χ0v) is 16.6. The van der Waals surface area contributed by atoms with Crippen molar-refractivity contribution in [3.05, 3.63) is 72.4 Å². The molecule has 1 N–H and O–H groups in total. The van der Waals surface area contributed by atoms with Crippen LogP contribution in [-0.4, -0.2) is 17.3 Å². The van der Waals surface area contributed by atoms with E-state index in [1.807, 2.05) is 48.7 Å². The number of carbonyl (C=O) groups excluding carboxylic acids is 1. The standard InChI is InChI=1S/C25H30N2O/c28-25(21-13-7-6-8-14-21)17-9-4-2-1-3-5-12-19-26-24-18-20-27-23-16-11-10-15-22(23)24/h6-8,10-11,13-16,18,20H,1-5,9,12,17,19H2,(H,26,27). The van der Waals surface area contributed by atoms with Crippen LogP contribution in [-0.2, 0) is 0 Å². The van der Waals surface area contributed by atoms with E-state index in [4.69, 9.17) is 0 Å². The van der Waals surface area contributed by atoms with Gasteiger partial charge in [0.1, 0.15) is 0 Å². The molecule has 2 aromatic carbocycles. The molecule has 146 valence electrons. The van der Waals surface area contributed by atoms with Gasteiger partial charge in [-0.05, 0) is 25.0 Å². The molecule has 0 radical (unpaired) electrons. The van der Waals surface area contributed by atoms with Crippen LogP contribution < -0.4 is 5.32 Å². The van der Waals surface area contributed by atoms with Crippen LogP contribution >= 0.6 is 0 Å². The maximum Gasteiger partial charge on any atom is 0.162 e. The van der Waals surface area contributed by atoms with Gasteiger partial charge in [0.2, 0.25) is 0 Å². The maximum atomic E-state index is 12.0. The summed E-state index contributed by atoms with van der Waals surface area (Å²) in [5.74, 6) is 0.273. The highest BCUT2D eigenvalue weighted by atomic mass is 16.1. The first kappa shape index (κ1) is 20.1. The van der Waals surface area contributed by atoms with Gasteiger partial charge in [0.15, 0.2) is 5.78 Å². The molecule has 0 saturated carbocycles. The molecule has 3 heteroatoms. The van der Waals surface area contributed by atoms with Gasteiger partial charge in [0.05, 0.1) is 5.52 Å². The molecular formula is C25H30N2O. The van der Waals surface area contributed by atoms with Crippen LogP contribution in [0.15, 0.2) is 66.9 Å². The van der Waals surface area contributed by atoms with Crippen LogP contribution in [0.5, 0.6) is 0 Å². The summed E-state index contributed by atoms with van der Waals surface area (Å²) in [4.78, 5) is 16.4. The van der Waals surface area contributed by atoms with Crippen molar-refractivity contribution in [2.24, 2.45) is 0 Å². The third-order valence-electron chi connectivity index (χ3n) is 5.14. The number of nitrogens with zero attached hydrogens (tertiary/aromatic N) is 1. The van der Waals surface area contributed by atoms with E-state index in [1.54, 1.807) is 0 Å². The van der Waals surface area contributed by atoms with Gasteiger partial charge >= 0.3 is 0 Å². The summed E-state index contributed by atoms with van der Waals surface area (Å²) in [5, 5.41) is 4.74. The molecular weight excluding hydrogens is 344 g/mol. The van der Waals surface area contributed by atoms with Gasteiger partial charge < -0.3 is 5.32 Å². The topological polar surface area (TPSA) is 42.0 Å². The monoisotopic (exact) mass is 374 g/mol. The second-order valence-electron chi connectivity index (χ2n) is 7.32. The molecule has 0 aliphatic carbocycles. The summed E-state index contributed by atoms with van der Waals surface area (Å²) in [7, 11) is 0. The first-order valence-electron chi connectivity index (χ1n) is 10.5. The van der Waals surface area contributed by atoms with E-state index in [0.717, 1.165) is 30.5 Å². The molecule has 0 amide bonds. The Morgan fingerprint density at radius 2 is 1.43 bits per heavy atom. The zero-order chi connectivity index (χ0) is 19.4. The number of benzene rings is 2. The number of hydrogen-bond acceptors (Lipinski definition) is 3. The summed E-state index contributed by atoms with van der Waals surface area (Å²) in [6.45, 7) is 1.000. The Kier molecular flexibility index (Phi) is 8.05. The molecule has 3 nitrogen and oxygen atoms in total. The van der Waals surface area contributed by atoms with Crippen LogP contribution in [0.3, 0.4) is 0 Å². The zero-order valence-electron chi connectivity index (χ0n) is 16.6. The molecule has 3 rings (SSSR count). The first-order valence-corrected chi connectivity index (χ1v) is 10.5. The lowest BCUT2D eigenvalue weighted by atomic mass is 10.0. The summed E-state index contributed by atoms with van der Waals surface area (Å²) >= 11 is 0. The minimum Gasteiger partial charge on any atom is -0.384 e. The predicted molar refractivity (Wildman–Crippen MR) is 118 cm³/mol. The van der Waals surface area contributed by atoms with Gasteiger partial charge in [-0.15, -0.1) is 0 Å². The summed E-state index contributed by atoms with van der Waals surface area (Å²) < 4.78 is 0. The van der Waals surface area contributed by atoms with E-state index < -0.39 is 0 Å². The summed E-state index contributed by atoms with van der Waals surface area (Å²) in [6.07, 6.45) is 10.9. The average molecular weight is 375 g/mol. The van der Waals surface area contributed by atoms with E-state index in [2.05, 4.69) is 28.5 Å². The second kappa shape index (κ2) is 11.2. The Bertz CT molecular complexity index is 855. The van der Waals surface area contributed by atoms with Crippen molar-refractivity contribution in [1.29, 1.82) is 0 Å². The van der Waals surface area contributed by atoms with Gasteiger partial charge in [-0.25, -0.2) is 0 Å². The van der Waals surface area contributed by atoms with Crippen LogP contribution in [0, 0.1) is 0 Å². The fraction of sp³-hybridized carbons (Fsp3) is 0.360. The van der Waals surface area contributed by atoms with Crippen LogP contribution in [0.4, 0.5) is 5.69 Å². The number of anilines is 1. The molecule has 0 saturated heterocycles. The second-order valence-corrected chi connectivity index (χ2v) is 7.32. The number of unbranched alkanes of at least 4 members (excludes halogenated alkanes) is 6. The lowest BCUT2D eigenvalue weighted by Gasteiger charge is -2.09. The van der Waals surface area contributed by atoms with E-state index in [1.165, 1.54) is 43.2 Å². The number of rotatable bonds is 12. The molecule has 0 bridgehead atoms. The Hall–Kier alpha value is -2.68. The molecule has 3 aromatic rings. The van der Waals surface area contributed by atoms with Crippen molar-refractivity contribution in [2.45, 2.75) is 51.4 Å². The van der Waals surface area contributed by atoms with Crippen molar-refractivity contribution in [2.75, 3.05) is 11.9 Å². The molecule has 1 heterocycles. The average Bonchev–Trinajstić information content (AvgIpc) is 2.75. The quantitative estimate of drug-likeness (QED) is 0.285. The minimum absolute atomic E-state index is 0.273. The molecule has 0 aliphatic heterocycles. The normalized spacial score (nSPS) is 10.9. The molecule has 28 heavy (non-hydrogen) atoms. The van der Waals surface area contributed by atoms with Crippen molar-refractivity contribution in [1.82, 2.24) is 4.98 Å². The van der Waals surface area contributed by atoms with Crippen LogP contribution in [0.25, 0.3) is 10.9 Å². The smallest absolute Gasteiger partial charge is 0.162 e. The lowest BCUT2D eigenvalue weighted by Crippen LogP contribution is -2.02. The Morgan fingerprint density at radius 3 is 2.25 bits per heavy atom. The van der Waals surface area contributed by atoms with Gasteiger partial charge in [-0.1, -0.05) is 80.6 Å². The molecule has 0 atom stereocenters. The third kappa shape index (κ3) is 6.19. The predicted octanol–water partition coefficient (Wildman–Crippen LogP) is 6.65. The molecule has 1 aromatic heterocycles. The van der Waals surface area contributed by atoms with Gasteiger partial charge in [-0.2, -0.15) is 0 Å². The van der Waals surface area contributed by atoms with Crippen molar-refractivity contribution < 1.29 is 4.79 Å². The number of aromatic nitrogens is 1. The van der Waals surface area contributed by atoms with Crippen LogP contribution in [0.2, 0.25) is 0 Å². The van der Waals surface area contributed by atoms with Gasteiger partial charge in [-0.3, -0.25) is 9.78 Å². The number of hydrogen-bond donors (Lipinski definition) is 1. The number of ketones is 1. The highest BCUT2D eigenvalue weighted by Gasteiger charge is 2.04. The highest BCUT2D eigenvalue weighted by Crippen LogP contribution is 2.21. The number of para-hydroxylation sites is 1. The largest absolute Gasteiger partial charge is 0.384 e. The van der Waals surface area contributed by atoms with Gasteiger partial charge in [0.25, 0.3) is 0 Å². The lowest BCUT2D eigenvalue weighted by molar-refractivity contribution is 0.0979. The summed E-state index contributed by atoms with van der Waals surface area (Å²) in [6, 6.07) is 19.9. The van der Waals surface area contributed by atoms with E-state index in [0.29, 0.717) is 6.42 Å². The Morgan fingerprint density at radius 1 is 0.750 bits per heavy atom. The number of fused-ring (bicyclic) bond motifs is 1. The highest BCUT2D eigenvalue weighted by molar-refractivity contribution is 5.95. The van der Waals surface area contributed by atoms with Crippen LogP contribution in [0.1, 0.15) is 61.7 Å². The summed E-state index contributed by atoms with van der Waals surface area (Å²) in [5.41, 5.74) is 3.06. The van der Waals surface area contributed by atoms with E-state index in [-0.39, 0.29) is 5.78 Å². The molecule has 0 aliphatic rings. The molecule has 0 fully saturated rings. The number of nitrogens with one attached hydrogen (secondary N) is 1. The van der Waals surface area contributed by atoms with E-state index in [9.17, 15) is 4.79 Å². The fourth-order valence-corrected chi connectivity index (χ4v) is 3.54. The van der Waals surface area contributed by atoms with Gasteiger partial charge in [0, 0.05) is 35.8 Å². The van der Waals surface area contributed by atoms with Crippen molar-refractivity contribution in [3.8, 4) is 0 Å². The molecule has 0 unspecified atom stereocenters. The fourth-order valence-electron chi connectivity index (χ4n) is 3.54. The number of carbonyl (C=O) groups is 1. The minimum atomic E-state index is 0.273. The number of Topliss-reactive ketones (excluding diaryl/α,β-unsaturated/α-hetero) is 1. The van der Waals surface area contributed by atoms with Crippen molar-refractivity contribution in [3.63, 3.8) is 0 Å². The number of pyridine rings is 1. The Labute approximate surface area is 168 Å². The van der Waals surface area contributed by atoms with E-state index >= 15 is 0 Å². The first-order chi connectivity index (χ1) is 13.8. The van der Waals surface area contributed by atoms with Crippen molar-refractivity contribution >= 4 is 22.4 Å². The SMILES string of the molecule is O=C(CCCCCCCCCNc1ccnc2ccccc12)c1ccccc1. The Balaban J connectivity index is 1.22. The third-order valence-corrected chi connectivity index (χ3v) is 5.14.